The van der Waals surface area contributed by atoms with E-state index in [9.17, 15) is 4.79 Å². The summed E-state index contributed by atoms with van der Waals surface area (Å²) in [5.41, 5.74) is 4.31. The molecule has 1 aliphatic rings. The van der Waals surface area contributed by atoms with E-state index in [4.69, 9.17) is 0 Å². The Bertz CT molecular complexity index is 737. The van der Waals surface area contributed by atoms with Gasteiger partial charge in [-0.3, -0.25) is 9.48 Å². The van der Waals surface area contributed by atoms with Crippen molar-refractivity contribution in [3.05, 3.63) is 52.8 Å². The minimum absolute atomic E-state index is 0. The van der Waals surface area contributed by atoms with E-state index in [1.807, 2.05) is 23.9 Å². The first-order valence-electron chi connectivity index (χ1n) is 9.16. The summed E-state index contributed by atoms with van der Waals surface area (Å²) in [5, 5.41) is 10.9. The summed E-state index contributed by atoms with van der Waals surface area (Å²) in [6, 6.07) is 8.69. The Morgan fingerprint density at radius 1 is 1.38 bits per heavy atom. The third-order valence-corrected chi connectivity index (χ3v) is 4.89. The number of halogens is 1. The lowest BCUT2D eigenvalue weighted by atomic mass is 10.00. The molecule has 1 aliphatic heterocycles. The monoisotopic (exact) mass is 376 g/mol. The lowest BCUT2D eigenvalue weighted by Gasteiger charge is -2.22. The Labute approximate surface area is 162 Å². The topological polar surface area (TPSA) is 59.0 Å². The summed E-state index contributed by atoms with van der Waals surface area (Å²) < 4.78 is 1.93. The summed E-state index contributed by atoms with van der Waals surface area (Å²) in [4.78, 5) is 12.5. The van der Waals surface area contributed by atoms with Crippen molar-refractivity contribution in [2.24, 2.45) is 0 Å². The number of hydrogen-bond acceptors (Lipinski definition) is 3. The van der Waals surface area contributed by atoms with Crippen LogP contribution in [0, 0.1) is 13.8 Å². The maximum absolute atomic E-state index is 12.5. The molecule has 2 aromatic rings. The molecule has 2 atom stereocenters. The fourth-order valence-electron chi connectivity index (χ4n) is 3.48. The van der Waals surface area contributed by atoms with Crippen molar-refractivity contribution in [3.8, 4) is 0 Å². The van der Waals surface area contributed by atoms with Gasteiger partial charge in [-0.25, -0.2) is 0 Å². The largest absolute Gasteiger partial charge is 0.348 e. The van der Waals surface area contributed by atoms with E-state index in [2.05, 4.69) is 47.8 Å². The molecule has 1 aromatic heterocycles. The van der Waals surface area contributed by atoms with Gasteiger partial charge in [-0.1, -0.05) is 23.8 Å². The molecule has 0 radical (unpaired) electrons. The summed E-state index contributed by atoms with van der Waals surface area (Å²) in [6.07, 6.45) is 5.00. The number of carbonyl (C=O) groups excluding carboxylic acids is 1. The zero-order chi connectivity index (χ0) is 17.8. The average molecular weight is 377 g/mol. The number of hydrogen-bond donors (Lipinski definition) is 2. The first-order valence-corrected chi connectivity index (χ1v) is 9.16. The van der Waals surface area contributed by atoms with Crippen LogP contribution in [0.25, 0.3) is 0 Å². The highest BCUT2D eigenvalue weighted by Crippen LogP contribution is 2.16. The van der Waals surface area contributed by atoms with Gasteiger partial charge >= 0.3 is 0 Å². The van der Waals surface area contributed by atoms with Crippen molar-refractivity contribution in [2.45, 2.75) is 52.1 Å². The smallest absolute Gasteiger partial charge is 0.271 e. The molecule has 1 aromatic carbocycles. The molecule has 1 saturated heterocycles. The van der Waals surface area contributed by atoms with Crippen molar-refractivity contribution >= 4 is 18.3 Å². The normalized spacial score (nSPS) is 18.0. The second-order valence-corrected chi connectivity index (χ2v) is 7.19. The third kappa shape index (κ3) is 5.08. The molecule has 1 fully saturated rings. The molecule has 1 amide bonds. The minimum atomic E-state index is -0.0974. The van der Waals surface area contributed by atoms with Gasteiger partial charge in [0.15, 0.2) is 0 Å². The first kappa shape index (κ1) is 20.5. The van der Waals surface area contributed by atoms with E-state index < -0.39 is 0 Å². The van der Waals surface area contributed by atoms with E-state index >= 15 is 0 Å². The van der Waals surface area contributed by atoms with Gasteiger partial charge in [-0.05, 0) is 63.8 Å². The van der Waals surface area contributed by atoms with E-state index in [1.165, 1.54) is 16.7 Å². The van der Waals surface area contributed by atoms with Gasteiger partial charge in [-0.15, -0.1) is 12.4 Å². The van der Waals surface area contributed by atoms with Gasteiger partial charge in [0.25, 0.3) is 5.91 Å². The average Bonchev–Trinajstić information content (AvgIpc) is 3.08. The van der Waals surface area contributed by atoms with E-state index in [0.29, 0.717) is 11.7 Å². The zero-order valence-corrected chi connectivity index (χ0v) is 16.6. The number of amides is 1. The van der Waals surface area contributed by atoms with Crippen molar-refractivity contribution in [1.29, 1.82) is 0 Å². The Hall–Kier alpha value is -1.85. The molecule has 142 valence electrons. The van der Waals surface area contributed by atoms with E-state index in [-0.39, 0.29) is 24.4 Å². The number of benzene rings is 1. The lowest BCUT2D eigenvalue weighted by molar-refractivity contribution is 0.0933. The lowest BCUT2D eigenvalue weighted by Crippen LogP contribution is -2.35. The number of piperidine rings is 1. The number of aryl methyl sites for hydroxylation is 2. The molecule has 2 heterocycles. The minimum Gasteiger partial charge on any atom is -0.348 e. The Morgan fingerprint density at radius 2 is 2.19 bits per heavy atom. The van der Waals surface area contributed by atoms with Crippen molar-refractivity contribution in [3.63, 3.8) is 0 Å². The SMILES string of the molecule is Cc1ccc(CC(C)NC(=O)c2ccn(C3CCCNC3)n2)c(C)c1.Cl. The van der Waals surface area contributed by atoms with Gasteiger partial charge in [0.1, 0.15) is 5.69 Å². The molecule has 2 N–H and O–H groups in total. The van der Waals surface area contributed by atoms with Crippen molar-refractivity contribution < 1.29 is 4.79 Å². The number of carbonyl (C=O) groups is 1. The number of rotatable bonds is 5. The van der Waals surface area contributed by atoms with Gasteiger partial charge < -0.3 is 10.6 Å². The molecule has 0 bridgehead atoms. The van der Waals surface area contributed by atoms with Gasteiger partial charge in [0.2, 0.25) is 0 Å². The number of aromatic nitrogens is 2. The van der Waals surface area contributed by atoms with Crippen LogP contribution >= 0.6 is 12.4 Å². The maximum Gasteiger partial charge on any atom is 0.271 e. The van der Waals surface area contributed by atoms with Crippen molar-refractivity contribution in [2.75, 3.05) is 13.1 Å². The predicted octanol–water partition coefficient (Wildman–Crippen LogP) is 3.21. The fraction of sp³-hybridized carbons (Fsp3) is 0.500. The second kappa shape index (κ2) is 9.19. The summed E-state index contributed by atoms with van der Waals surface area (Å²) in [7, 11) is 0. The summed E-state index contributed by atoms with van der Waals surface area (Å²) in [6.45, 7) is 8.25. The van der Waals surface area contributed by atoms with Crippen LogP contribution in [0.15, 0.2) is 30.5 Å². The highest BCUT2D eigenvalue weighted by molar-refractivity contribution is 5.92. The van der Waals surface area contributed by atoms with Gasteiger partial charge in [0, 0.05) is 18.8 Å². The molecule has 2 unspecified atom stereocenters. The second-order valence-electron chi connectivity index (χ2n) is 7.19. The van der Waals surface area contributed by atoms with Crippen LogP contribution < -0.4 is 10.6 Å². The van der Waals surface area contributed by atoms with Crippen LogP contribution in [0.4, 0.5) is 0 Å². The summed E-state index contributed by atoms with van der Waals surface area (Å²) >= 11 is 0. The van der Waals surface area contributed by atoms with Crippen LogP contribution in [-0.2, 0) is 6.42 Å². The fourth-order valence-corrected chi connectivity index (χ4v) is 3.48. The Morgan fingerprint density at radius 3 is 2.88 bits per heavy atom. The molecule has 0 aliphatic carbocycles. The maximum atomic E-state index is 12.5. The molecular weight excluding hydrogens is 348 g/mol. The first-order chi connectivity index (χ1) is 12.0. The van der Waals surface area contributed by atoms with Gasteiger partial charge in [-0.2, -0.15) is 5.10 Å². The zero-order valence-electron chi connectivity index (χ0n) is 15.8. The van der Waals surface area contributed by atoms with Gasteiger partial charge in [0.05, 0.1) is 6.04 Å². The van der Waals surface area contributed by atoms with Crippen LogP contribution in [-0.4, -0.2) is 34.8 Å². The highest BCUT2D eigenvalue weighted by Gasteiger charge is 2.18. The molecule has 3 rings (SSSR count). The molecule has 0 spiro atoms. The summed E-state index contributed by atoms with van der Waals surface area (Å²) in [5.74, 6) is -0.0974. The molecular formula is C20H29ClN4O. The van der Waals surface area contributed by atoms with Crippen molar-refractivity contribution in [1.82, 2.24) is 20.4 Å². The van der Waals surface area contributed by atoms with Crippen LogP contribution in [0.2, 0.25) is 0 Å². The van der Waals surface area contributed by atoms with Crippen LogP contribution in [0.1, 0.15) is 53.0 Å². The number of nitrogens with one attached hydrogen (secondary N) is 2. The molecule has 26 heavy (non-hydrogen) atoms. The highest BCUT2D eigenvalue weighted by atomic mass is 35.5. The molecule has 6 heteroatoms. The number of nitrogens with zero attached hydrogens (tertiary/aromatic N) is 2. The molecule has 5 nitrogen and oxygen atoms in total. The molecule has 0 saturated carbocycles. The predicted molar refractivity (Wildman–Crippen MR) is 107 cm³/mol. The Balaban J connectivity index is 0.00000243. The standard InChI is InChI=1S/C20H28N4O.ClH/c1-14-6-7-17(15(2)11-14)12-16(3)22-20(25)19-8-10-24(23-19)18-5-4-9-21-13-18;/h6-8,10-11,16,18,21H,4-5,9,12-13H2,1-3H3,(H,22,25);1H. The Kier molecular flexibility index (Phi) is 7.23. The van der Waals surface area contributed by atoms with E-state index in [1.54, 1.807) is 0 Å². The van der Waals surface area contributed by atoms with E-state index in [0.717, 1.165) is 32.4 Å². The third-order valence-electron chi connectivity index (χ3n) is 4.89. The van der Waals surface area contributed by atoms with Crippen LogP contribution in [0.5, 0.6) is 0 Å². The quantitative estimate of drug-likeness (QED) is 0.842. The van der Waals surface area contributed by atoms with Crippen LogP contribution in [0.3, 0.4) is 0 Å².